The van der Waals surface area contributed by atoms with Gasteiger partial charge in [-0.05, 0) is 49.1 Å². The molecule has 7 heteroatoms. The summed E-state index contributed by atoms with van der Waals surface area (Å²) in [7, 11) is 0. The normalized spacial score (nSPS) is 17.1. The molecule has 0 saturated heterocycles. The predicted molar refractivity (Wildman–Crippen MR) is 107 cm³/mol. The summed E-state index contributed by atoms with van der Waals surface area (Å²) in [6.45, 7) is 2.29. The minimum absolute atomic E-state index is 0.0193. The number of aryl methyl sites for hydroxylation is 1. The monoisotopic (exact) mass is 382 g/mol. The first kappa shape index (κ1) is 16.1. The number of fused-ring (bicyclic) bond motifs is 5. The second-order valence-electron chi connectivity index (χ2n) is 6.83. The number of hydrogen-bond donors (Lipinski definition) is 0. The summed E-state index contributed by atoms with van der Waals surface area (Å²) in [5.41, 5.74) is 2.08. The summed E-state index contributed by atoms with van der Waals surface area (Å²) in [5, 5.41) is 10.4. The number of thioether (sulfide) groups is 1. The van der Waals surface area contributed by atoms with E-state index >= 15 is 0 Å². The van der Waals surface area contributed by atoms with Crippen molar-refractivity contribution in [1.82, 2.24) is 19.2 Å². The quantitative estimate of drug-likeness (QED) is 0.493. The van der Waals surface area contributed by atoms with Gasteiger partial charge in [-0.1, -0.05) is 36.9 Å². The van der Waals surface area contributed by atoms with E-state index in [1.54, 1.807) is 27.7 Å². The molecular weight excluding hydrogens is 364 g/mol. The van der Waals surface area contributed by atoms with Gasteiger partial charge >= 0.3 is 0 Å². The summed E-state index contributed by atoms with van der Waals surface area (Å²) in [6, 6.07) is 9.73. The Morgan fingerprint density at radius 2 is 2.04 bits per heavy atom. The lowest BCUT2D eigenvalue weighted by molar-refractivity contribution is 0.509. The van der Waals surface area contributed by atoms with Crippen LogP contribution in [0.1, 0.15) is 23.8 Å². The van der Waals surface area contributed by atoms with Gasteiger partial charge in [-0.3, -0.25) is 4.79 Å². The molecule has 1 aliphatic rings. The molecule has 3 aromatic heterocycles. The zero-order valence-electron chi connectivity index (χ0n) is 14.6. The number of rotatable bonds is 2. The van der Waals surface area contributed by atoms with E-state index in [1.165, 1.54) is 10.4 Å². The summed E-state index contributed by atoms with van der Waals surface area (Å²) < 4.78 is 3.77. The van der Waals surface area contributed by atoms with Gasteiger partial charge in [0.2, 0.25) is 5.78 Å². The molecule has 0 N–H and O–H groups in total. The van der Waals surface area contributed by atoms with Crippen molar-refractivity contribution in [3.63, 3.8) is 0 Å². The topological polar surface area (TPSA) is 52.2 Å². The number of nitrogens with zero attached hydrogens (tertiary/aromatic N) is 4. The highest BCUT2D eigenvalue weighted by Crippen LogP contribution is 2.37. The maximum Gasteiger partial charge on any atom is 0.268 e. The largest absolute Gasteiger partial charge is 0.268 e. The van der Waals surface area contributed by atoms with Gasteiger partial charge in [-0.2, -0.15) is 0 Å². The fourth-order valence-electron chi connectivity index (χ4n) is 3.84. The lowest BCUT2D eigenvalue weighted by Crippen LogP contribution is -2.22. The first-order valence-electron chi connectivity index (χ1n) is 8.73. The Hall–Kier alpha value is -2.12. The van der Waals surface area contributed by atoms with Crippen LogP contribution in [0.4, 0.5) is 0 Å². The van der Waals surface area contributed by atoms with Crippen molar-refractivity contribution in [2.24, 2.45) is 5.92 Å². The second kappa shape index (κ2) is 5.96. The Balaban J connectivity index is 1.98. The Bertz CT molecular complexity index is 1190. The third-order valence-corrected chi connectivity index (χ3v) is 7.00. The van der Waals surface area contributed by atoms with Crippen LogP contribution in [-0.4, -0.2) is 25.4 Å². The molecule has 0 saturated carbocycles. The molecule has 1 aromatic carbocycles. The van der Waals surface area contributed by atoms with E-state index in [1.807, 2.05) is 36.6 Å². The fraction of sp³-hybridized carbons (Fsp3) is 0.316. The number of aromatic nitrogens is 4. The van der Waals surface area contributed by atoms with Crippen LogP contribution in [-0.2, 0) is 12.8 Å². The highest BCUT2D eigenvalue weighted by molar-refractivity contribution is 7.98. The van der Waals surface area contributed by atoms with Gasteiger partial charge in [0.25, 0.3) is 5.56 Å². The van der Waals surface area contributed by atoms with Crippen LogP contribution in [0.25, 0.3) is 21.7 Å². The minimum atomic E-state index is 0.0193. The van der Waals surface area contributed by atoms with E-state index in [4.69, 9.17) is 0 Å². The van der Waals surface area contributed by atoms with Gasteiger partial charge in [0, 0.05) is 4.88 Å². The van der Waals surface area contributed by atoms with E-state index in [0.29, 0.717) is 11.7 Å². The van der Waals surface area contributed by atoms with Gasteiger partial charge < -0.3 is 0 Å². The first-order chi connectivity index (χ1) is 12.7. The van der Waals surface area contributed by atoms with E-state index in [0.717, 1.165) is 40.3 Å². The third-order valence-electron chi connectivity index (χ3n) is 5.13. The van der Waals surface area contributed by atoms with Gasteiger partial charge in [0.1, 0.15) is 4.83 Å². The molecule has 132 valence electrons. The highest BCUT2D eigenvalue weighted by atomic mass is 32.2. The average Bonchev–Trinajstić information content (AvgIpc) is 3.23. The molecule has 1 atom stereocenters. The molecule has 0 spiro atoms. The second-order valence-corrected chi connectivity index (χ2v) is 8.69. The molecule has 0 radical (unpaired) electrons. The molecule has 5 rings (SSSR count). The van der Waals surface area contributed by atoms with Crippen LogP contribution in [0.2, 0.25) is 0 Å². The van der Waals surface area contributed by atoms with Gasteiger partial charge in [-0.25, -0.2) is 8.97 Å². The van der Waals surface area contributed by atoms with Gasteiger partial charge in [0.05, 0.1) is 11.1 Å². The smallest absolute Gasteiger partial charge is 0.268 e. The zero-order chi connectivity index (χ0) is 17.8. The summed E-state index contributed by atoms with van der Waals surface area (Å²) in [6.07, 6.45) is 5.16. The number of benzene rings is 1. The van der Waals surface area contributed by atoms with E-state index in [2.05, 4.69) is 21.5 Å². The molecule has 0 fully saturated rings. The lowest BCUT2D eigenvalue weighted by atomic mass is 9.89. The Kier molecular flexibility index (Phi) is 3.68. The lowest BCUT2D eigenvalue weighted by Gasteiger charge is -2.17. The molecule has 3 heterocycles. The highest BCUT2D eigenvalue weighted by Gasteiger charge is 2.26. The molecule has 5 nitrogen and oxygen atoms in total. The van der Waals surface area contributed by atoms with Crippen molar-refractivity contribution < 1.29 is 0 Å². The summed E-state index contributed by atoms with van der Waals surface area (Å²) in [4.78, 5) is 15.9. The van der Waals surface area contributed by atoms with Crippen LogP contribution in [0.15, 0.2) is 40.3 Å². The van der Waals surface area contributed by atoms with E-state index in [9.17, 15) is 4.79 Å². The van der Waals surface area contributed by atoms with Crippen LogP contribution in [0.5, 0.6) is 0 Å². The molecule has 1 aliphatic carbocycles. The van der Waals surface area contributed by atoms with Crippen molar-refractivity contribution in [2.45, 2.75) is 31.3 Å². The summed E-state index contributed by atoms with van der Waals surface area (Å²) >= 11 is 3.30. The van der Waals surface area contributed by atoms with Crippen LogP contribution in [0.3, 0.4) is 0 Å². The van der Waals surface area contributed by atoms with Gasteiger partial charge in [0.15, 0.2) is 5.16 Å². The molecule has 26 heavy (non-hydrogen) atoms. The number of thiophene rings is 1. The molecule has 4 aromatic rings. The number of para-hydroxylation sites is 1. The van der Waals surface area contributed by atoms with Crippen molar-refractivity contribution in [3.8, 4) is 5.69 Å². The van der Waals surface area contributed by atoms with Crippen molar-refractivity contribution in [2.75, 3.05) is 6.26 Å². The Morgan fingerprint density at radius 3 is 2.81 bits per heavy atom. The first-order valence-corrected chi connectivity index (χ1v) is 10.8. The Labute approximate surface area is 158 Å². The molecule has 0 bridgehead atoms. The van der Waals surface area contributed by atoms with E-state index < -0.39 is 0 Å². The van der Waals surface area contributed by atoms with Crippen molar-refractivity contribution in [1.29, 1.82) is 0 Å². The summed E-state index contributed by atoms with van der Waals surface area (Å²) in [5.74, 6) is 1.26. The average molecular weight is 383 g/mol. The van der Waals surface area contributed by atoms with E-state index in [-0.39, 0.29) is 5.56 Å². The zero-order valence-corrected chi connectivity index (χ0v) is 16.2. The molecule has 0 aliphatic heterocycles. The molecular formula is C19H18N4OS2. The Morgan fingerprint density at radius 1 is 1.23 bits per heavy atom. The maximum absolute atomic E-state index is 13.5. The molecule has 1 unspecified atom stereocenters. The van der Waals surface area contributed by atoms with Crippen molar-refractivity contribution in [3.05, 3.63) is 51.1 Å². The van der Waals surface area contributed by atoms with Crippen molar-refractivity contribution >= 4 is 39.1 Å². The third kappa shape index (κ3) is 2.20. The SMILES string of the molecule is CSc1nnc2n(-c3ccccc3)c(=O)c3c4c(sc3n12)CC(C)CC4. The van der Waals surface area contributed by atoms with Crippen LogP contribution >= 0.6 is 23.1 Å². The minimum Gasteiger partial charge on any atom is -0.268 e. The van der Waals surface area contributed by atoms with Gasteiger partial charge in [-0.15, -0.1) is 21.5 Å². The van der Waals surface area contributed by atoms with Crippen LogP contribution in [0, 0.1) is 5.92 Å². The predicted octanol–water partition coefficient (Wildman–Crippen LogP) is 3.94. The number of hydrogen-bond acceptors (Lipinski definition) is 5. The maximum atomic E-state index is 13.5. The van der Waals surface area contributed by atoms with Crippen LogP contribution < -0.4 is 5.56 Å². The standard InChI is InChI=1S/C19H18N4OS2/c1-11-8-9-13-14(10-11)26-17-15(13)16(24)22(12-6-4-3-5-7-12)18-20-21-19(25-2)23(17)18/h3-7,11H,8-10H2,1-2H3. The molecule has 0 amide bonds. The fourth-order valence-corrected chi connectivity index (χ4v) is 5.88.